The lowest BCUT2D eigenvalue weighted by Gasteiger charge is -2.05. The molecule has 1 N–H and O–H groups in total. The van der Waals surface area contributed by atoms with Crippen LogP contribution in [0.1, 0.15) is 34.2 Å². The summed E-state index contributed by atoms with van der Waals surface area (Å²) in [5.74, 6) is -0.00245. The molecule has 5 nitrogen and oxygen atoms in total. The Bertz CT molecular complexity index is 968. The highest BCUT2D eigenvalue weighted by Crippen LogP contribution is 2.13. The summed E-state index contributed by atoms with van der Waals surface area (Å²) in [7, 11) is 1.77. The number of amides is 1. The van der Waals surface area contributed by atoms with Gasteiger partial charge in [-0.2, -0.15) is 0 Å². The fraction of sp³-hybridized carbons (Fsp3) is 0.136. The summed E-state index contributed by atoms with van der Waals surface area (Å²) in [6.07, 6.45) is 7.57. The van der Waals surface area contributed by atoms with Crippen molar-refractivity contribution in [2.45, 2.75) is 13.3 Å². The first-order valence-corrected chi connectivity index (χ1v) is 8.77. The molecule has 0 saturated heterocycles. The Hall–Kier alpha value is -3.47. The number of hydrogen-bond acceptors (Lipinski definition) is 3. The van der Waals surface area contributed by atoms with E-state index >= 15 is 0 Å². The Kier molecular flexibility index (Phi) is 5.61. The first-order chi connectivity index (χ1) is 13.1. The molecule has 1 amide bonds. The smallest absolute Gasteiger partial charge is 0.248 e. The third-order valence-electron chi connectivity index (χ3n) is 4.25. The summed E-state index contributed by atoms with van der Waals surface area (Å²) in [4.78, 5) is 28.5. The number of rotatable bonds is 6. The van der Waals surface area contributed by atoms with Gasteiger partial charge in [0.25, 0.3) is 0 Å². The Morgan fingerprint density at radius 2 is 1.78 bits per heavy atom. The number of ketones is 1. The number of nitrogens with one attached hydrogen (secondary N) is 1. The number of aryl methyl sites for hydroxylation is 2. The molecule has 27 heavy (non-hydrogen) atoms. The Morgan fingerprint density at radius 1 is 1.07 bits per heavy atom. The van der Waals surface area contributed by atoms with Gasteiger partial charge in [0.1, 0.15) is 0 Å². The zero-order valence-electron chi connectivity index (χ0n) is 15.3. The van der Waals surface area contributed by atoms with E-state index in [1.807, 2.05) is 12.1 Å². The molecule has 136 valence electrons. The van der Waals surface area contributed by atoms with Crippen molar-refractivity contribution in [2.75, 3.05) is 5.32 Å². The minimum Gasteiger partial charge on any atom is -0.331 e. The summed E-state index contributed by atoms with van der Waals surface area (Å²) in [5, 5.41) is 2.79. The van der Waals surface area contributed by atoms with Gasteiger partial charge in [-0.25, -0.2) is 4.98 Å². The van der Waals surface area contributed by atoms with E-state index in [4.69, 9.17) is 0 Å². The number of benzene rings is 2. The van der Waals surface area contributed by atoms with Gasteiger partial charge < -0.3 is 9.88 Å². The molecule has 0 bridgehead atoms. The second-order valence-electron chi connectivity index (χ2n) is 6.19. The average Bonchev–Trinajstić information content (AvgIpc) is 3.12. The van der Waals surface area contributed by atoms with Gasteiger partial charge in [0.05, 0.1) is 0 Å². The van der Waals surface area contributed by atoms with Gasteiger partial charge in [-0.05, 0) is 47.9 Å². The Balaban J connectivity index is 1.62. The summed E-state index contributed by atoms with van der Waals surface area (Å²) in [5.41, 5.74) is 3.38. The van der Waals surface area contributed by atoms with Crippen molar-refractivity contribution in [1.82, 2.24) is 9.55 Å². The topological polar surface area (TPSA) is 64.0 Å². The zero-order chi connectivity index (χ0) is 19.2. The maximum absolute atomic E-state index is 12.4. The minimum absolute atomic E-state index is 0.157. The first-order valence-electron chi connectivity index (χ1n) is 8.77. The molecule has 0 atom stereocenters. The van der Waals surface area contributed by atoms with Gasteiger partial charge in [0.15, 0.2) is 5.82 Å². The van der Waals surface area contributed by atoms with Crippen LogP contribution in [0.3, 0.4) is 0 Å². The molecule has 3 rings (SSSR count). The van der Waals surface area contributed by atoms with Crippen LogP contribution < -0.4 is 5.32 Å². The molecular formula is C22H21N3O2. The van der Waals surface area contributed by atoms with Crippen LogP contribution in [0.15, 0.2) is 67.0 Å². The lowest BCUT2D eigenvalue weighted by Crippen LogP contribution is -2.10. The van der Waals surface area contributed by atoms with Crippen molar-refractivity contribution in [1.29, 1.82) is 0 Å². The van der Waals surface area contributed by atoms with Crippen LogP contribution in [0.5, 0.6) is 0 Å². The van der Waals surface area contributed by atoms with Gasteiger partial charge >= 0.3 is 0 Å². The maximum Gasteiger partial charge on any atom is 0.248 e. The van der Waals surface area contributed by atoms with E-state index in [0.29, 0.717) is 17.1 Å². The van der Waals surface area contributed by atoms with Crippen LogP contribution in [0.2, 0.25) is 0 Å². The third-order valence-corrected chi connectivity index (χ3v) is 4.25. The summed E-state index contributed by atoms with van der Waals surface area (Å²) in [6, 6.07) is 14.8. The summed E-state index contributed by atoms with van der Waals surface area (Å²) < 4.78 is 1.68. The molecule has 0 unspecified atom stereocenters. The molecule has 0 fully saturated rings. The fourth-order valence-electron chi connectivity index (χ4n) is 2.64. The Morgan fingerprint density at radius 3 is 2.37 bits per heavy atom. The highest BCUT2D eigenvalue weighted by Gasteiger charge is 2.13. The highest BCUT2D eigenvalue weighted by atomic mass is 16.1. The lowest BCUT2D eigenvalue weighted by atomic mass is 10.1. The molecule has 0 radical (unpaired) electrons. The molecule has 3 aromatic rings. The van der Waals surface area contributed by atoms with E-state index in [-0.39, 0.29) is 11.7 Å². The minimum atomic E-state index is -0.224. The highest BCUT2D eigenvalue weighted by molar-refractivity contribution is 6.07. The van der Waals surface area contributed by atoms with Crippen LogP contribution in [0.4, 0.5) is 5.69 Å². The van der Waals surface area contributed by atoms with E-state index in [2.05, 4.69) is 29.4 Å². The monoisotopic (exact) mass is 359 g/mol. The molecule has 0 spiro atoms. The summed E-state index contributed by atoms with van der Waals surface area (Å²) in [6.45, 7) is 2.10. The van der Waals surface area contributed by atoms with E-state index in [0.717, 1.165) is 12.0 Å². The third kappa shape index (κ3) is 4.58. The van der Waals surface area contributed by atoms with Crippen molar-refractivity contribution in [2.24, 2.45) is 7.05 Å². The molecule has 1 aromatic heterocycles. The fourth-order valence-corrected chi connectivity index (χ4v) is 2.64. The molecule has 0 saturated carbocycles. The predicted molar refractivity (Wildman–Crippen MR) is 107 cm³/mol. The molecule has 1 heterocycles. The number of anilines is 1. The maximum atomic E-state index is 12.4. The average molecular weight is 359 g/mol. The van der Waals surface area contributed by atoms with E-state index in [1.54, 1.807) is 54.3 Å². The zero-order valence-corrected chi connectivity index (χ0v) is 15.3. The second-order valence-corrected chi connectivity index (χ2v) is 6.19. The van der Waals surface area contributed by atoms with Crippen molar-refractivity contribution in [3.63, 3.8) is 0 Å². The van der Waals surface area contributed by atoms with Gasteiger partial charge in [0, 0.05) is 36.8 Å². The van der Waals surface area contributed by atoms with E-state index in [1.165, 1.54) is 11.6 Å². The van der Waals surface area contributed by atoms with Crippen LogP contribution in [0, 0.1) is 0 Å². The molecule has 0 aliphatic carbocycles. The van der Waals surface area contributed by atoms with Crippen molar-refractivity contribution in [3.05, 3.63) is 89.5 Å². The van der Waals surface area contributed by atoms with Crippen LogP contribution in [-0.2, 0) is 18.3 Å². The van der Waals surface area contributed by atoms with Crippen LogP contribution >= 0.6 is 0 Å². The van der Waals surface area contributed by atoms with Crippen LogP contribution in [-0.4, -0.2) is 21.2 Å². The largest absolute Gasteiger partial charge is 0.331 e. The lowest BCUT2D eigenvalue weighted by molar-refractivity contribution is -0.111. The van der Waals surface area contributed by atoms with Crippen molar-refractivity contribution < 1.29 is 9.59 Å². The van der Waals surface area contributed by atoms with Crippen molar-refractivity contribution in [3.8, 4) is 0 Å². The summed E-state index contributed by atoms with van der Waals surface area (Å²) >= 11 is 0. The normalized spacial score (nSPS) is 10.9. The molecule has 5 heteroatoms. The predicted octanol–water partition coefficient (Wildman–Crippen LogP) is 3.87. The van der Waals surface area contributed by atoms with Gasteiger partial charge in [0.2, 0.25) is 11.7 Å². The molecule has 0 aliphatic heterocycles. The Labute approximate surface area is 158 Å². The molecule has 2 aromatic carbocycles. The number of aromatic nitrogens is 2. The van der Waals surface area contributed by atoms with Gasteiger partial charge in [-0.15, -0.1) is 0 Å². The van der Waals surface area contributed by atoms with Gasteiger partial charge in [-0.3, -0.25) is 9.59 Å². The van der Waals surface area contributed by atoms with E-state index < -0.39 is 0 Å². The number of hydrogen-bond donors (Lipinski definition) is 1. The van der Waals surface area contributed by atoms with Gasteiger partial charge in [-0.1, -0.05) is 31.2 Å². The SMILES string of the molecule is CCc1ccc(/C=C/C(=O)Nc2ccc(C(=O)c3nccn3C)cc2)cc1. The number of imidazole rings is 1. The second kappa shape index (κ2) is 8.27. The standard InChI is InChI=1S/C22H21N3O2/c1-3-16-4-6-17(7-5-16)8-13-20(26)24-19-11-9-18(10-12-19)21(27)22-23-14-15-25(22)2/h4-15H,3H2,1-2H3,(H,24,26)/b13-8+. The number of nitrogens with zero attached hydrogens (tertiary/aromatic N) is 2. The first kappa shape index (κ1) is 18.3. The molecule has 0 aliphatic rings. The number of carbonyl (C=O) groups excluding carboxylic acids is 2. The van der Waals surface area contributed by atoms with Crippen molar-refractivity contribution >= 4 is 23.5 Å². The molecular weight excluding hydrogens is 338 g/mol. The van der Waals surface area contributed by atoms with E-state index in [9.17, 15) is 9.59 Å². The number of carbonyl (C=O) groups is 2. The van der Waals surface area contributed by atoms with Crippen LogP contribution in [0.25, 0.3) is 6.08 Å². The quantitative estimate of drug-likeness (QED) is 0.537.